The van der Waals surface area contributed by atoms with Crippen LogP contribution in [0.3, 0.4) is 0 Å². The van der Waals surface area contributed by atoms with Crippen molar-refractivity contribution in [1.29, 1.82) is 0 Å². The molecule has 3 amide bonds. The fourth-order valence-electron chi connectivity index (χ4n) is 3.15. The number of benzene rings is 1. The zero-order valence-corrected chi connectivity index (χ0v) is 17.3. The third-order valence-electron chi connectivity index (χ3n) is 4.50. The first-order valence-electron chi connectivity index (χ1n) is 9.81. The molecule has 0 saturated carbocycles. The van der Waals surface area contributed by atoms with Crippen LogP contribution in [-0.2, 0) is 9.59 Å². The van der Waals surface area contributed by atoms with Gasteiger partial charge in [-0.3, -0.25) is 19.3 Å². The third kappa shape index (κ3) is 7.31. The van der Waals surface area contributed by atoms with Gasteiger partial charge in [-0.05, 0) is 39.8 Å². The number of hydrogen-bond donors (Lipinski definition) is 2. The second kappa shape index (κ2) is 9.68. The average Bonchev–Trinajstić information content (AvgIpc) is 2.61. The molecule has 1 aromatic carbocycles. The van der Waals surface area contributed by atoms with Gasteiger partial charge in [-0.15, -0.1) is 0 Å². The van der Waals surface area contributed by atoms with E-state index in [0.29, 0.717) is 38.3 Å². The first kappa shape index (κ1) is 21.9. The number of piperazine rings is 1. The minimum absolute atomic E-state index is 0.00419. The van der Waals surface area contributed by atoms with Crippen LogP contribution in [0.15, 0.2) is 30.3 Å². The van der Waals surface area contributed by atoms with E-state index < -0.39 is 0 Å². The van der Waals surface area contributed by atoms with E-state index in [1.54, 1.807) is 12.1 Å². The van der Waals surface area contributed by atoms with Crippen LogP contribution in [0.1, 0.15) is 44.5 Å². The van der Waals surface area contributed by atoms with Crippen molar-refractivity contribution in [3.8, 4) is 0 Å². The molecule has 1 aliphatic rings. The van der Waals surface area contributed by atoms with E-state index in [0.717, 1.165) is 0 Å². The highest BCUT2D eigenvalue weighted by Crippen LogP contribution is 2.07. The largest absolute Gasteiger partial charge is 0.350 e. The molecular formula is C21H32N4O3. The van der Waals surface area contributed by atoms with Crippen LogP contribution in [0.4, 0.5) is 0 Å². The van der Waals surface area contributed by atoms with Crippen molar-refractivity contribution in [2.24, 2.45) is 0 Å². The Morgan fingerprint density at radius 2 is 1.64 bits per heavy atom. The summed E-state index contributed by atoms with van der Waals surface area (Å²) >= 11 is 0. The molecule has 2 N–H and O–H groups in total. The summed E-state index contributed by atoms with van der Waals surface area (Å²) in [6, 6.07) is 8.74. The average molecular weight is 389 g/mol. The zero-order chi connectivity index (χ0) is 20.7. The van der Waals surface area contributed by atoms with E-state index >= 15 is 0 Å². The summed E-state index contributed by atoms with van der Waals surface area (Å²) in [6.45, 7) is 10.6. The highest BCUT2D eigenvalue weighted by Gasteiger charge is 2.25. The van der Waals surface area contributed by atoms with Crippen LogP contribution in [0.25, 0.3) is 0 Å². The van der Waals surface area contributed by atoms with Crippen molar-refractivity contribution in [3.63, 3.8) is 0 Å². The minimum atomic E-state index is -0.241. The van der Waals surface area contributed by atoms with E-state index in [4.69, 9.17) is 0 Å². The molecule has 1 aliphatic heterocycles. The lowest BCUT2D eigenvalue weighted by molar-refractivity contribution is -0.133. The fraction of sp³-hybridized carbons (Fsp3) is 0.571. The quantitative estimate of drug-likeness (QED) is 0.769. The smallest absolute Gasteiger partial charge is 0.251 e. The SMILES string of the molecule is CC(CC(=O)N1CCN(CC(=O)NC(C)(C)C)CC1)NC(=O)c1ccccc1. The van der Waals surface area contributed by atoms with Crippen LogP contribution in [0.5, 0.6) is 0 Å². The Bertz CT molecular complexity index is 677. The summed E-state index contributed by atoms with van der Waals surface area (Å²) in [7, 11) is 0. The van der Waals surface area contributed by atoms with E-state index in [1.165, 1.54) is 0 Å². The molecule has 1 aromatic rings. The Hall–Kier alpha value is -2.41. The summed E-state index contributed by atoms with van der Waals surface area (Å²) in [5.41, 5.74) is 0.346. The Kier molecular flexibility index (Phi) is 7.57. The summed E-state index contributed by atoms with van der Waals surface area (Å²) in [6.07, 6.45) is 0.267. The van der Waals surface area contributed by atoms with Gasteiger partial charge >= 0.3 is 0 Å². The molecule has 1 heterocycles. The van der Waals surface area contributed by atoms with Gasteiger partial charge in [0.15, 0.2) is 0 Å². The summed E-state index contributed by atoms with van der Waals surface area (Å²) < 4.78 is 0. The van der Waals surface area contributed by atoms with Gasteiger partial charge in [0.05, 0.1) is 6.54 Å². The van der Waals surface area contributed by atoms with Gasteiger partial charge in [0.1, 0.15) is 0 Å². The van der Waals surface area contributed by atoms with E-state index in [1.807, 2.05) is 50.8 Å². The van der Waals surface area contributed by atoms with Crippen LogP contribution < -0.4 is 10.6 Å². The highest BCUT2D eigenvalue weighted by molar-refractivity contribution is 5.94. The molecule has 1 atom stereocenters. The maximum atomic E-state index is 12.5. The maximum Gasteiger partial charge on any atom is 0.251 e. The Morgan fingerprint density at radius 1 is 1.04 bits per heavy atom. The summed E-state index contributed by atoms with van der Waals surface area (Å²) in [5.74, 6) is -0.139. The summed E-state index contributed by atoms with van der Waals surface area (Å²) in [4.78, 5) is 40.6. The van der Waals surface area contributed by atoms with Crippen molar-refractivity contribution in [2.75, 3.05) is 32.7 Å². The standard InChI is InChI=1S/C21H32N4O3/c1-16(22-20(28)17-8-6-5-7-9-17)14-19(27)25-12-10-24(11-13-25)15-18(26)23-21(2,3)4/h5-9,16H,10-15H2,1-4H3,(H,22,28)(H,23,26). The molecule has 1 saturated heterocycles. The monoisotopic (exact) mass is 388 g/mol. The second-order valence-electron chi connectivity index (χ2n) is 8.40. The van der Waals surface area contributed by atoms with Gasteiger partial charge in [0.25, 0.3) is 5.91 Å². The number of nitrogens with zero attached hydrogens (tertiary/aromatic N) is 2. The Morgan fingerprint density at radius 3 is 2.21 bits per heavy atom. The lowest BCUT2D eigenvalue weighted by atomic mass is 10.1. The molecule has 2 rings (SSSR count). The molecule has 0 aliphatic carbocycles. The molecular weight excluding hydrogens is 356 g/mol. The first-order valence-corrected chi connectivity index (χ1v) is 9.81. The molecule has 7 nitrogen and oxygen atoms in total. The van der Waals surface area contributed by atoms with Crippen molar-refractivity contribution in [2.45, 2.75) is 45.7 Å². The van der Waals surface area contributed by atoms with E-state index in [9.17, 15) is 14.4 Å². The number of rotatable bonds is 6. The predicted octanol–water partition coefficient (Wildman–Crippen LogP) is 1.25. The molecule has 7 heteroatoms. The van der Waals surface area contributed by atoms with Crippen molar-refractivity contribution >= 4 is 17.7 Å². The second-order valence-corrected chi connectivity index (χ2v) is 8.40. The Balaban J connectivity index is 1.73. The van der Waals surface area contributed by atoms with Gasteiger partial charge in [-0.25, -0.2) is 0 Å². The fourth-order valence-corrected chi connectivity index (χ4v) is 3.15. The highest BCUT2D eigenvalue weighted by atomic mass is 16.2. The predicted molar refractivity (Wildman–Crippen MR) is 109 cm³/mol. The number of nitrogens with one attached hydrogen (secondary N) is 2. The van der Waals surface area contributed by atoms with Crippen molar-refractivity contribution in [1.82, 2.24) is 20.4 Å². The molecule has 1 fully saturated rings. The summed E-state index contributed by atoms with van der Waals surface area (Å²) in [5, 5.41) is 5.83. The van der Waals surface area contributed by atoms with Crippen molar-refractivity contribution in [3.05, 3.63) is 35.9 Å². The van der Waals surface area contributed by atoms with Crippen LogP contribution in [0, 0.1) is 0 Å². The number of amides is 3. The number of carbonyl (C=O) groups is 3. The number of carbonyl (C=O) groups excluding carboxylic acids is 3. The molecule has 0 spiro atoms. The van der Waals surface area contributed by atoms with Crippen LogP contribution in [0.2, 0.25) is 0 Å². The van der Waals surface area contributed by atoms with Crippen LogP contribution in [-0.4, -0.2) is 71.8 Å². The Labute approximate surface area is 167 Å². The van der Waals surface area contributed by atoms with E-state index in [-0.39, 0.29) is 35.7 Å². The van der Waals surface area contributed by atoms with Crippen LogP contribution >= 0.6 is 0 Å². The first-order chi connectivity index (χ1) is 13.1. The normalized spacial score (nSPS) is 16.4. The molecule has 28 heavy (non-hydrogen) atoms. The number of hydrogen-bond acceptors (Lipinski definition) is 4. The minimum Gasteiger partial charge on any atom is -0.350 e. The zero-order valence-electron chi connectivity index (χ0n) is 17.3. The van der Waals surface area contributed by atoms with Gasteiger partial charge in [0, 0.05) is 49.7 Å². The molecule has 1 unspecified atom stereocenters. The molecule has 0 aromatic heterocycles. The maximum absolute atomic E-state index is 12.5. The van der Waals surface area contributed by atoms with Gasteiger partial charge < -0.3 is 15.5 Å². The van der Waals surface area contributed by atoms with Gasteiger partial charge in [-0.2, -0.15) is 0 Å². The van der Waals surface area contributed by atoms with E-state index in [2.05, 4.69) is 15.5 Å². The third-order valence-corrected chi connectivity index (χ3v) is 4.50. The molecule has 0 bridgehead atoms. The van der Waals surface area contributed by atoms with Gasteiger partial charge in [-0.1, -0.05) is 18.2 Å². The van der Waals surface area contributed by atoms with Gasteiger partial charge in [0.2, 0.25) is 11.8 Å². The topological polar surface area (TPSA) is 81.8 Å². The lowest BCUT2D eigenvalue weighted by Crippen LogP contribution is -2.53. The lowest BCUT2D eigenvalue weighted by Gasteiger charge is -2.35. The van der Waals surface area contributed by atoms with Crippen molar-refractivity contribution < 1.29 is 14.4 Å². The molecule has 0 radical (unpaired) electrons. The molecule has 154 valence electrons.